The van der Waals surface area contributed by atoms with Crippen molar-refractivity contribution in [1.82, 2.24) is 10.6 Å². The van der Waals surface area contributed by atoms with Crippen molar-refractivity contribution in [3.63, 3.8) is 0 Å². The van der Waals surface area contributed by atoms with Gasteiger partial charge in [-0.25, -0.2) is 0 Å². The molecule has 0 heterocycles. The Hall–Kier alpha value is -1.75. The maximum atomic E-state index is 5.61. The molecule has 1 aliphatic rings. The van der Waals surface area contributed by atoms with Gasteiger partial charge in [-0.1, -0.05) is 17.7 Å². The third-order valence-corrected chi connectivity index (χ3v) is 3.94. The van der Waals surface area contributed by atoms with Crippen LogP contribution in [0.15, 0.2) is 23.2 Å². The van der Waals surface area contributed by atoms with Gasteiger partial charge < -0.3 is 20.1 Å². The Bertz CT molecular complexity index is 513. The molecule has 0 radical (unpaired) electrons. The van der Waals surface area contributed by atoms with E-state index in [1.54, 1.807) is 14.2 Å². The molecule has 0 aromatic heterocycles. The predicted octanol–water partition coefficient (Wildman–Crippen LogP) is 2.14. The van der Waals surface area contributed by atoms with Gasteiger partial charge in [0.1, 0.15) is 5.75 Å². The van der Waals surface area contributed by atoms with Gasteiger partial charge in [-0.15, -0.1) is 0 Å². The molecule has 1 aromatic carbocycles. The molecule has 0 atom stereocenters. The summed E-state index contributed by atoms with van der Waals surface area (Å²) in [7, 11) is 3.50. The minimum Gasteiger partial charge on any atom is -0.496 e. The van der Waals surface area contributed by atoms with Crippen LogP contribution in [0, 0.1) is 12.8 Å². The van der Waals surface area contributed by atoms with E-state index in [0.717, 1.165) is 50.4 Å². The number of aryl methyl sites for hydroxylation is 1. The average Bonchev–Trinajstić information content (AvgIpc) is 3.37. The number of methoxy groups -OCH3 is 1. The number of hydrogen-bond acceptors (Lipinski definition) is 3. The van der Waals surface area contributed by atoms with Crippen LogP contribution in [0.1, 0.15) is 24.0 Å². The lowest BCUT2D eigenvalue weighted by molar-refractivity contribution is 0.129. The zero-order chi connectivity index (χ0) is 16.5. The maximum Gasteiger partial charge on any atom is 0.191 e. The minimum atomic E-state index is 0.725. The molecule has 2 N–H and O–H groups in total. The standard InChI is InChI=1S/C18H29N3O2/c1-14-4-7-17(22-3)16(12-14)8-9-20-18(19-2)21-10-11-23-13-15-5-6-15/h4,7,12,15H,5-6,8-11,13H2,1-3H3,(H2,19,20,21). The van der Waals surface area contributed by atoms with Crippen LogP contribution < -0.4 is 15.4 Å². The van der Waals surface area contributed by atoms with E-state index in [1.165, 1.54) is 24.0 Å². The van der Waals surface area contributed by atoms with Crippen LogP contribution >= 0.6 is 0 Å². The Morgan fingerprint density at radius 3 is 2.74 bits per heavy atom. The quantitative estimate of drug-likeness (QED) is 0.416. The van der Waals surface area contributed by atoms with Gasteiger partial charge in [0.15, 0.2) is 5.96 Å². The second-order valence-electron chi connectivity index (χ2n) is 6.01. The van der Waals surface area contributed by atoms with E-state index in [1.807, 2.05) is 6.07 Å². The van der Waals surface area contributed by atoms with Gasteiger partial charge in [0.25, 0.3) is 0 Å². The first-order valence-electron chi connectivity index (χ1n) is 8.38. The Labute approximate surface area is 139 Å². The van der Waals surface area contributed by atoms with Crippen LogP contribution in [-0.4, -0.2) is 46.4 Å². The average molecular weight is 319 g/mol. The Morgan fingerprint density at radius 1 is 1.26 bits per heavy atom. The highest BCUT2D eigenvalue weighted by Gasteiger charge is 2.20. The van der Waals surface area contributed by atoms with Crippen molar-refractivity contribution < 1.29 is 9.47 Å². The molecule has 128 valence electrons. The lowest BCUT2D eigenvalue weighted by Gasteiger charge is -2.13. The normalized spacial score (nSPS) is 14.7. The van der Waals surface area contributed by atoms with Crippen LogP contribution in [0.4, 0.5) is 0 Å². The summed E-state index contributed by atoms with van der Waals surface area (Å²) in [4.78, 5) is 4.23. The van der Waals surface area contributed by atoms with E-state index in [-0.39, 0.29) is 0 Å². The van der Waals surface area contributed by atoms with E-state index in [9.17, 15) is 0 Å². The highest BCUT2D eigenvalue weighted by Crippen LogP contribution is 2.28. The van der Waals surface area contributed by atoms with E-state index < -0.39 is 0 Å². The first-order chi connectivity index (χ1) is 11.2. The second kappa shape index (κ2) is 9.40. The van der Waals surface area contributed by atoms with Crippen molar-refractivity contribution in [1.29, 1.82) is 0 Å². The Balaban J connectivity index is 1.65. The van der Waals surface area contributed by atoms with Crippen LogP contribution in [-0.2, 0) is 11.2 Å². The van der Waals surface area contributed by atoms with Gasteiger partial charge in [0, 0.05) is 26.7 Å². The van der Waals surface area contributed by atoms with Crippen LogP contribution in [0.2, 0.25) is 0 Å². The molecule has 1 aromatic rings. The molecular weight excluding hydrogens is 290 g/mol. The van der Waals surface area contributed by atoms with Gasteiger partial charge in [-0.2, -0.15) is 0 Å². The van der Waals surface area contributed by atoms with Gasteiger partial charge in [-0.05, 0) is 43.7 Å². The second-order valence-corrected chi connectivity index (χ2v) is 6.01. The number of hydrogen-bond donors (Lipinski definition) is 2. The molecule has 23 heavy (non-hydrogen) atoms. The van der Waals surface area contributed by atoms with Crippen LogP contribution in [0.5, 0.6) is 5.75 Å². The van der Waals surface area contributed by atoms with Crippen molar-refractivity contribution in [2.45, 2.75) is 26.2 Å². The van der Waals surface area contributed by atoms with Crippen molar-refractivity contribution in [2.75, 3.05) is 40.5 Å². The number of nitrogens with zero attached hydrogens (tertiary/aromatic N) is 1. The van der Waals surface area contributed by atoms with Gasteiger partial charge >= 0.3 is 0 Å². The Morgan fingerprint density at radius 2 is 2.04 bits per heavy atom. The van der Waals surface area contributed by atoms with Crippen molar-refractivity contribution in [3.05, 3.63) is 29.3 Å². The third-order valence-electron chi connectivity index (χ3n) is 3.94. The molecule has 1 saturated carbocycles. The van der Waals surface area contributed by atoms with Gasteiger partial charge in [0.05, 0.1) is 13.7 Å². The van der Waals surface area contributed by atoms with Crippen LogP contribution in [0.3, 0.4) is 0 Å². The molecule has 0 bridgehead atoms. The highest BCUT2D eigenvalue weighted by atomic mass is 16.5. The van der Waals surface area contributed by atoms with Crippen molar-refractivity contribution in [2.24, 2.45) is 10.9 Å². The number of rotatable bonds is 9. The summed E-state index contributed by atoms with van der Waals surface area (Å²) in [6.45, 7) is 5.31. The first kappa shape index (κ1) is 17.6. The SMILES string of the molecule is CN=C(NCCOCC1CC1)NCCc1cc(C)ccc1OC. The number of benzene rings is 1. The smallest absolute Gasteiger partial charge is 0.191 e. The lowest BCUT2D eigenvalue weighted by Crippen LogP contribution is -2.39. The molecule has 1 fully saturated rings. The number of guanidine groups is 1. The summed E-state index contributed by atoms with van der Waals surface area (Å²) in [6, 6.07) is 6.26. The summed E-state index contributed by atoms with van der Waals surface area (Å²) in [6.07, 6.45) is 3.56. The highest BCUT2D eigenvalue weighted by molar-refractivity contribution is 5.79. The van der Waals surface area contributed by atoms with E-state index in [4.69, 9.17) is 9.47 Å². The molecule has 5 heteroatoms. The number of nitrogens with one attached hydrogen (secondary N) is 2. The molecule has 1 aliphatic carbocycles. The summed E-state index contributed by atoms with van der Waals surface area (Å²) in [5.41, 5.74) is 2.46. The zero-order valence-electron chi connectivity index (χ0n) is 14.5. The lowest BCUT2D eigenvalue weighted by atomic mass is 10.1. The third kappa shape index (κ3) is 6.48. The fraction of sp³-hybridized carbons (Fsp3) is 0.611. The summed E-state index contributed by atoms with van der Waals surface area (Å²) in [5.74, 6) is 2.57. The molecular formula is C18H29N3O2. The first-order valence-corrected chi connectivity index (χ1v) is 8.38. The van der Waals surface area contributed by atoms with E-state index >= 15 is 0 Å². The van der Waals surface area contributed by atoms with Crippen LogP contribution in [0.25, 0.3) is 0 Å². The monoisotopic (exact) mass is 319 g/mol. The predicted molar refractivity (Wildman–Crippen MR) is 94.3 cm³/mol. The number of aliphatic imine (C=N–C) groups is 1. The van der Waals surface area contributed by atoms with Gasteiger partial charge in [-0.3, -0.25) is 4.99 Å². The molecule has 0 aliphatic heterocycles. The Kier molecular flexibility index (Phi) is 7.20. The molecule has 0 spiro atoms. The molecule has 0 unspecified atom stereocenters. The van der Waals surface area contributed by atoms with E-state index in [0.29, 0.717) is 0 Å². The maximum absolute atomic E-state index is 5.61. The van der Waals surface area contributed by atoms with Crippen molar-refractivity contribution in [3.8, 4) is 5.75 Å². The van der Waals surface area contributed by atoms with Crippen molar-refractivity contribution >= 4 is 5.96 Å². The fourth-order valence-electron chi connectivity index (χ4n) is 2.42. The number of ether oxygens (including phenoxy) is 2. The topological polar surface area (TPSA) is 54.9 Å². The van der Waals surface area contributed by atoms with Gasteiger partial charge in [0.2, 0.25) is 0 Å². The molecule has 5 nitrogen and oxygen atoms in total. The largest absolute Gasteiger partial charge is 0.496 e. The fourth-order valence-corrected chi connectivity index (χ4v) is 2.42. The summed E-state index contributed by atoms with van der Waals surface area (Å²) in [5, 5.41) is 6.60. The van der Waals surface area contributed by atoms with E-state index in [2.05, 4.69) is 34.7 Å². The molecule has 0 amide bonds. The summed E-state index contributed by atoms with van der Waals surface area (Å²) >= 11 is 0. The molecule has 0 saturated heterocycles. The molecule has 2 rings (SSSR count). The summed E-state index contributed by atoms with van der Waals surface area (Å²) < 4.78 is 11.0. The zero-order valence-corrected chi connectivity index (χ0v) is 14.5. The minimum absolute atomic E-state index is 0.725.